The fourth-order valence-electron chi connectivity index (χ4n) is 3.03. The molecule has 5 heteroatoms. The van der Waals surface area contributed by atoms with Gasteiger partial charge in [0, 0.05) is 32.0 Å². The second kappa shape index (κ2) is 8.24. The number of rotatable bonds is 7. The molecule has 1 fully saturated rings. The number of piperidine rings is 1. The molecule has 1 aromatic heterocycles. The van der Waals surface area contributed by atoms with E-state index in [1.165, 1.54) is 5.56 Å². The van der Waals surface area contributed by atoms with Crippen molar-refractivity contribution in [3.05, 3.63) is 54.4 Å². The normalized spacial score (nSPS) is 18.1. The minimum absolute atomic E-state index is 0.328. The lowest BCUT2D eigenvalue weighted by Gasteiger charge is -2.33. The predicted molar refractivity (Wildman–Crippen MR) is 88.9 cm³/mol. The highest BCUT2D eigenvalue weighted by atomic mass is 16.5. The topological polar surface area (TPSA) is 50.5 Å². The quantitative estimate of drug-likeness (QED) is 0.848. The zero-order valence-corrected chi connectivity index (χ0v) is 13.4. The third-order valence-corrected chi connectivity index (χ3v) is 4.29. The molecule has 0 radical (unpaired) electrons. The number of aromatic nitrogens is 2. The Labute approximate surface area is 137 Å². The van der Waals surface area contributed by atoms with Gasteiger partial charge in [-0.1, -0.05) is 30.3 Å². The third kappa shape index (κ3) is 5.16. The molecule has 1 aromatic carbocycles. The van der Waals surface area contributed by atoms with E-state index in [-0.39, 0.29) is 6.10 Å². The maximum absolute atomic E-state index is 10.2. The predicted octanol–water partition coefficient (Wildman–Crippen LogP) is 1.93. The zero-order chi connectivity index (χ0) is 15.9. The van der Waals surface area contributed by atoms with Gasteiger partial charge in [0.15, 0.2) is 0 Å². The van der Waals surface area contributed by atoms with E-state index in [0.29, 0.717) is 25.8 Å². The van der Waals surface area contributed by atoms with Gasteiger partial charge in [0.1, 0.15) is 0 Å². The van der Waals surface area contributed by atoms with Gasteiger partial charge in [-0.3, -0.25) is 4.68 Å². The molecule has 0 bridgehead atoms. The van der Waals surface area contributed by atoms with Gasteiger partial charge in [0.25, 0.3) is 0 Å². The van der Waals surface area contributed by atoms with Crippen LogP contribution in [-0.2, 0) is 17.9 Å². The molecule has 1 N–H and O–H groups in total. The summed E-state index contributed by atoms with van der Waals surface area (Å²) in [5.74, 6) is 0. The molecule has 1 aliphatic rings. The molecule has 0 spiro atoms. The molecule has 2 heterocycles. The molecule has 2 aromatic rings. The van der Waals surface area contributed by atoms with Crippen LogP contribution >= 0.6 is 0 Å². The summed E-state index contributed by atoms with van der Waals surface area (Å²) in [5, 5.41) is 14.3. The average molecular weight is 315 g/mol. The van der Waals surface area contributed by atoms with E-state index in [1.807, 2.05) is 30.5 Å². The number of hydrogen-bond donors (Lipinski definition) is 1. The van der Waals surface area contributed by atoms with E-state index in [2.05, 4.69) is 22.1 Å². The Kier molecular flexibility index (Phi) is 5.80. The van der Waals surface area contributed by atoms with Crippen LogP contribution in [0.3, 0.4) is 0 Å². The van der Waals surface area contributed by atoms with Crippen molar-refractivity contribution < 1.29 is 9.84 Å². The van der Waals surface area contributed by atoms with Crippen molar-refractivity contribution in [2.45, 2.75) is 38.2 Å². The molecule has 0 saturated carbocycles. The summed E-state index contributed by atoms with van der Waals surface area (Å²) >= 11 is 0. The molecule has 1 saturated heterocycles. The lowest BCUT2D eigenvalue weighted by atomic mass is 10.1. The van der Waals surface area contributed by atoms with E-state index < -0.39 is 0 Å². The summed E-state index contributed by atoms with van der Waals surface area (Å²) in [6.07, 6.45) is 5.63. The summed E-state index contributed by atoms with van der Waals surface area (Å²) in [4.78, 5) is 2.32. The number of ether oxygens (including phenoxy) is 1. The van der Waals surface area contributed by atoms with Crippen LogP contribution in [0.15, 0.2) is 48.8 Å². The van der Waals surface area contributed by atoms with Crippen molar-refractivity contribution in [3.63, 3.8) is 0 Å². The fourth-order valence-corrected chi connectivity index (χ4v) is 3.03. The van der Waals surface area contributed by atoms with Crippen LogP contribution in [0.4, 0.5) is 0 Å². The molecule has 1 unspecified atom stereocenters. The summed E-state index contributed by atoms with van der Waals surface area (Å²) in [6.45, 7) is 3.90. The largest absolute Gasteiger partial charge is 0.390 e. The molecule has 5 nitrogen and oxygen atoms in total. The fraction of sp³-hybridized carbons (Fsp3) is 0.500. The van der Waals surface area contributed by atoms with E-state index in [0.717, 1.165) is 25.9 Å². The molecule has 124 valence electrons. The molecule has 23 heavy (non-hydrogen) atoms. The Hall–Kier alpha value is -1.69. The van der Waals surface area contributed by atoms with Gasteiger partial charge in [-0.25, -0.2) is 0 Å². The van der Waals surface area contributed by atoms with Crippen molar-refractivity contribution >= 4 is 0 Å². The van der Waals surface area contributed by atoms with Crippen molar-refractivity contribution in [3.8, 4) is 0 Å². The van der Waals surface area contributed by atoms with Crippen LogP contribution in [-0.4, -0.2) is 51.6 Å². The third-order valence-electron chi connectivity index (χ3n) is 4.29. The molecule has 1 aliphatic heterocycles. The summed E-state index contributed by atoms with van der Waals surface area (Å²) < 4.78 is 7.78. The SMILES string of the molecule is OC(CN1CCC(OCc2ccccc2)CC1)Cn1cccn1. The number of likely N-dealkylation sites (tertiary alicyclic amines) is 1. The van der Waals surface area contributed by atoms with Crippen molar-refractivity contribution in [1.29, 1.82) is 0 Å². The van der Waals surface area contributed by atoms with E-state index in [9.17, 15) is 5.11 Å². The van der Waals surface area contributed by atoms with Gasteiger partial charge >= 0.3 is 0 Å². The average Bonchev–Trinajstić information content (AvgIpc) is 3.08. The van der Waals surface area contributed by atoms with E-state index >= 15 is 0 Å². The first-order valence-electron chi connectivity index (χ1n) is 8.33. The van der Waals surface area contributed by atoms with Crippen molar-refractivity contribution in [1.82, 2.24) is 14.7 Å². The van der Waals surface area contributed by atoms with E-state index in [4.69, 9.17) is 4.74 Å². The molecule has 3 rings (SSSR count). The monoisotopic (exact) mass is 315 g/mol. The first kappa shape index (κ1) is 16.2. The van der Waals surface area contributed by atoms with Gasteiger partial charge in [0.2, 0.25) is 0 Å². The number of β-amino-alcohol motifs (C(OH)–C–C–N with tert-alkyl or cyclic N) is 1. The summed E-state index contributed by atoms with van der Waals surface area (Å²) in [7, 11) is 0. The van der Waals surface area contributed by atoms with Crippen LogP contribution in [0, 0.1) is 0 Å². The minimum atomic E-state index is -0.378. The first-order chi connectivity index (χ1) is 11.3. The van der Waals surface area contributed by atoms with Gasteiger partial charge in [-0.05, 0) is 24.5 Å². The van der Waals surface area contributed by atoms with Crippen LogP contribution in [0.5, 0.6) is 0 Å². The van der Waals surface area contributed by atoms with E-state index in [1.54, 1.807) is 10.9 Å². The Morgan fingerprint density at radius 3 is 2.61 bits per heavy atom. The number of benzene rings is 1. The van der Waals surface area contributed by atoms with Gasteiger partial charge in [-0.15, -0.1) is 0 Å². The lowest BCUT2D eigenvalue weighted by Crippen LogP contribution is -2.42. The second-order valence-corrected chi connectivity index (χ2v) is 6.18. The number of aliphatic hydroxyl groups is 1. The summed E-state index contributed by atoms with van der Waals surface area (Å²) in [6, 6.07) is 12.2. The molecular formula is C18H25N3O2. The highest BCUT2D eigenvalue weighted by Gasteiger charge is 2.21. The second-order valence-electron chi connectivity index (χ2n) is 6.18. The number of aliphatic hydroxyl groups excluding tert-OH is 1. The smallest absolute Gasteiger partial charge is 0.0862 e. The lowest BCUT2D eigenvalue weighted by molar-refractivity contribution is -0.0121. The van der Waals surface area contributed by atoms with Gasteiger partial charge in [0.05, 0.1) is 25.4 Å². The Morgan fingerprint density at radius 1 is 1.13 bits per heavy atom. The standard InChI is InChI=1S/C18H25N3O2/c22-17(14-21-10-4-9-19-21)13-20-11-7-18(8-12-20)23-15-16-5-2-1-3-6-16/h1-6,9-10,17-18,22H,7-8,11-15H2. The molecular weight excluding hydrogens is 290 g/mol. The van der Waals surface area contributed by atoms with Crippen LogP contribution in [0.1, 0.15) is 18.4 Å². The minimum Gasteiger partial charge on any atom is -0.390 e. The van der Waals surface area contributed by atoms with Crippen LogP contribution in [0.2, 0.25) is 0 Å². The zero-order valence-electron chi connectivity index (χ0n) is 13.4. The molecule has 0 aliphatic carbocycles. The van der Waals surface area contributed by atoms with Crippen molar-refractivity contribution in [2.75, 3.05) is 19.6 Å². The van der Waals surface area contributed by atoms with Crippen molar-refractivity contribution in [2.24, 2.45) is 0 Å². The maximum Gasteiger partial charge on any atom is 0.0862 e. The van der Waals surface area contributed by atoms with Crippen LogP contribution < -0.4 is 0 Å². The van der Waals surface area contributed by atoms with Gasteiger partial charge < -0.3 is 14.7 Å². The highest BCUT2D eigenvalue weighted by molar-refractivity contribution is 5.13. The molecule has 1 atom stereocenters. The first-order valence-corrected chi connectivity index (χ1v) is 8.33. The van der Waals surface area contributed by atoms with Gasteiger partial charge in [-0.2, -0.15) is 5.10 Å². The summed E-state index contributed by atoms with van der Waals surface area (Å²) in [5.41, 5.74) is 1.23. The number of hydrogen-bond acceptors (Lipinski definition) is 4. The highest BCUT2D eigenvalue weighted by Crippen LogP contribution is 2.16. The Morgan fingerprint density at radius 2 is 1.91 bits per heavy atom. The Balaban J connectivity index is 1.35. The Bertz CT molecular complexity index is 551. The maximum atomic E-state index is 10.2. The number of nitrogens with zero attached hydrogens (tertiary/aromatic N) is 3. The molecule has 0 amide bonds. The van der Waals surface area contributed by atoms with Crippen LogP contribution in [0.25, 0.3) is 0 Å².